The lowest BCUT2D eigenvalue weighted by molar-refractivity contribution is 0.0910. The molecule has 3 heterocycles. The maximum Gasteiger partial charge on any atom is 0.251 e. The second kappa shape index (κ2) is 9.49. The van der Waals surface area contributed by atoms with E-state index in [4.69, 9.17) is 16.3 Å². The van der Waals surface area contributed by atoms with Gasteiger partial charge in [-0.3, -0.25) is 14.6 Å². The van der Waals surface area contributed by atoms with Gasteiger partial charge in [-0.2, -0.15) is 0 Å². The van der Waals surface area contributed by atoms with E-state index in [1.807, 2.05) is 6.07 Å². The molecule has 1 amide bonds. The summed E-state index contributed by atoms with van der Waals surface area (Å²) in [4.78, 5) is 31.6. The number of carbonyl (C=O) groups is 1. The van der Waals surface area contributed by atoms with Gasteiger partial charge in [-0.05, 0) is 43.2 Å². The zero-order chi connectivity index (χ0) is 21.8. The minimum Gasteiger partial charge on any atom is -0.495 e. The molecule has 0 spiro atoms. The van der Waals surface area contributed by atoms with Gasteiger partial charge in [-0.1, -0.05) is 11.6 Å². The minimum absolute atomic E-state index is 0.0485. The van der Waals surface area contributed by atoms with E-state index in [1.165, 1.54) is 0 Å². The highest BCUT2D eigenvalue weighted by Crippen LogP contribution is 2.17. The van der Waals surface area contributed by atoms with Gasteiger partial charge in [0.05, 0.1) is 24.3 Å². The van der Waals surface area contributed by atoms with E-state index in [1.54, 1.807) is 54.3 Å². The summed E-state index contributed by atoms with van der Waals surface area (Å²) in [6, 6.07) is 12.2. The molecule has 1 aromatic carbocycles. The topological polar surface area (TPSA) is 76.5 Å². The number of hydrogen-bond donors (Lipinski definition) is 1. The first-order valence-corrected chi connectivity index (χ1v) is 10.7. The van der Waals surface area contributed by atoms with Crippen molar-refractivity contribution in [1.29, 1.82) is 0 Å². The van der Waals surface area contributed by atoms with Crippen LogP contribution in [0.2, 0.25) is 5.02 Å². The third-order valence-electron chi connectivity index (χ3n) is 5.72. The molecule has 0 aliphatic carbocycles. The number of aromatic nitrogens is 2. The number of pyridine rings is 2. The number of hydrogen-bond acceptors (Lipinski definition) is 5. The Bertz CT molecular complexity index is 1120. The fourth-order valence-corrected chi connectivity index (χ4v) is 4.03. The molecular weight excluding hydrogens is 416 g/mol. The number of methoxy groups -OCH3 is 1. The van der Waals surface area contributed by atoms with Crippen LogP contribution >= 0.6 is 11.6 Å². The lowest BCUT2D eigenvalue weighted by Crippen LogP contribution is -2.45. The van der Waals surface area contributed by atoms with Crippen LogP contribution < -0.4 is 15.6 Å². The van der Waals surface area contributed by atoms with Crippen molar-refractivity contribution in [3.63, 3.8) is 0 Å². The van der Waals surface area contributed by atoms with Crippen LogP contribution in [0.3, 0.4) is 0 Å². The van der Waals surface area contributed by atoms with Crippen molar-refractivity contribution in [3.05, 3.63) is 69.6 Å². The molecule has 162 valence electrons. The third kappa shape index (κ3) is 5.06. The number of nitrogens with zero attached hydrogens (tertiary/aromatic N) is 3. The van der Waals surface area contributed by atoms with Crippen LogP contribution in [0.15, 0.2) is 53.5 Å². The number of amides is 1. The quantitative estimate of drug-likeness (QED) is 0.637. The highest BCUT2D eigenvalue weighted by Gasteiger charge is 2.21. The van der Waals surface area contributed by atoms with Gasteiger partial charge >= 0.3 is 0 Å². The summed E-state index contributed by atoms with van der Waals surface area (Å²) in [7, 11) is 1.59. The molecular formula is C23H25ClN4O3. The molecule has 0 unspecified atom stereocenters. The molecule has 8 heteroatoms. The SMILES string of the molecule is COc1cnc2ccc(=O)n(CCN3CCC(NC(=O)c4ccc(Cl)cc4)CC3)c2c1. The third-order valence-corrected chi connectivity index (χ3v) is 5.97. The van der Waals surface area contributed by atoms with Crippen LogP contribution in [-0.2, 0) is 6.54 Å². The van der Waals surface area contributed by atoms with Crippen molar-refractivity contribution in [1.82, 2.24) is 19.8 Å². The van der Waals surface area contributed by atoms with Gasteiger partial charge in [0.1, 0.15) is 5.75 Å². The second-order valence-electron chi connectivity index (χ2n) is 7.70. The predicted octanol–water partition coefficient (Wildman–Crippen LogP) is 2.95. The number of piperidine rings is 1. The van der Waals surface area contributed by atoms with Gasteiger partial charge in [0.2, 0.25) is 0 Å². The summed E-state index contributed by atoms with van der Waals surface area (Å²) in [6.07, 6.45) is 3.40. The second-order valence-corrected chi connectivity index (χ2v) is 8.14. The number of rotatable bonds is 6. The number of ether oxygens (including phenoxy) is 1. The molecule has 1 fully saturated rings. The van der Waals surface area contributed by atoms with Crippen molar-refractivity contribution >= 4 is 28.5 Å². The molecule has 0 atom stereocenters. The van der Waals surface area contributed by atoms with Crippen LogP contribution in [-0.4, -0.2) is 53.1 Å². The van der Waals surface area contributed by atoms with E-state index >= 15 is 0 Å². The monoisotopic (exact) mass is 440 g/mol. The van der Waals surface area contributed by atoms with Crippen molar-refractivity contribution in [2.45, 2.75) is 25.4 Å². The van der Waals surface area contributed by atoms with Gasteiger partial charge in [0.15, 0.2) is 0 Å². The van der Waals surface area contributed by atoms with E-state index in [0.29, 0.717) is 22.9 Å². The van der Waals surface area contributed by atoms with Crippen molar-refractivity contribution in [2.75, 3.05) is 26.7 Å². The molecule has 31 heavy (non-hydrogen) atoms. The van der Waals surface area contributed by atoms with Crippen LogP contribution in [0.1, 0.15) is 23.2 Å². The normalized spacial score (nSPS) is 15.2. The molecule has 2 aromatic heterocycles. The summed E-state index contributed by atoms with van der Waals surface area (Å²) in [5, 5.41) is 3.72. The highest BCUT2D eigenvalue weighted by atomic mass is 35.5. The van der Waals surface area contributed by atoms with Crippen molar-refractivity contribution < 1.29 is 9.53 Å². The van der Waals surface area contributed by atoms with Crippen LogP contribution in [0.5, 0.6) is 5.75 Å². The first kappa shape index (κ1) is 21.3. The Morgan fingerprint density at radius 3 is 2.61 bits per heavy atom. The maximum atomic E-state index is 12.5. The van der Waals surface area contributed by atoms with Gasteiger partial charge in [0, 0.05) is 54.9 Å². The number of benzene rings is 1. The summed E-state index contributed by atoms with van der Waals surface area (Å²) in [6.45, 7) is 3.07. The first-order chi connectivity index (χ1) is 15.0. The van der Waals surface area contributed by atoms with Crippen LogP contribution in [0.4, 0.5) is 0 Å². The van der Waals surface area contributed by atoms with Crippen molar-refractivity contribution in [2.24, 2.45) is 0 Å². The largest absolute Gasteiger partial charge is 0.495 e. The molecule has 0 saturated carbocycles. The number of nitrogens with one attached hydrogen (secondary N) is 1. The van der Waals surface area contributed by atoms with E-state index in [9.17, 15) is 9.59 Å². The fraction of sp³-hybridized carbons (Fsp3) is 0.348. The molecule has 0 bridgehead atoms. The number of carbonyl (C=O) groups excluding carboxylic acids is 1. The maximum absolute atomic E-state index is 12.5. The molecule has 3 aromatic rings. The zero-order valence-electron chi connectivity index (χ0n) is 17.4. The average Bonchev–Trinajstić information content (AvgIpc) is 2.79. The number of fused-ring (bicyclic) bond motifs is 1. The summed E-state index contributed by atoms with van der Waals surface area (Å²) in [5.41, 5.74) is 2.11. The van der Waals surface area contributed by atoms with Gasteiger partial charge in [-0.25, -0.2) is 0 Å². The molecule has 4 rings (SSSR count). The molecule has 1 saturated heterocycles. The Kier molecular flexibility index (Phi) is 6.53. The van der Waals surface area contributed by atoms with E-state index < -0.39 is 0 Å². The minimum atomic E-state index is -0.0705. The van der Waals surface area contributed by atoms with Crippen LogP contribution in [0.25, 0.3) is 11.0 Å². The van der Waals surface area contributed by atoms with E-state index in [2.05, 4.69) is 15.2 Å². The zero-order valence-corrected chi connectivity index (χ0v) is 18.1. The first-order valence-electron chi connectivity index (χ1n) is 10.4. The molecule has 7 nitrogen and oxygen atoms in total. The highest BCUT2D eigenvalue weighted by molar-refractivity contribution is 6.30. The number of likely N-dealkylation sites (tertiary alicyclic amines) is 1. The molecule has 0 radical (unpaired) electrons. The molecule has 1 N–H and O–H groups in total. The van der Waals surface area contributed by atoms with Crippen molar-refractivity contribution in [3.8, 4) is 5.75 Å². The van der Waals surface area contributed by atoms with Gasteiger partial charge in [-0.15, -0.1) is 0 Å². The Morgan fingerprint density at radius 1 is 1.16 bits per heavy atom. The standard InChI is InChI=1S/C23H25ClN4O3/c1-31-19-14-21-20(25-15-19)6-7-22(29)28(21)13-12-27-10-8-18(9-11-27)26-23(30)16-2-4-17(24)5-3-16/h2-7,14-15,18H,8-13H2,1H3,(H,26,30). The van der Waals surface area contributed by atoms with E-state index in [-0.39, 0.29) is 17.5 Å². The fourth-order valence-electron chi connectivity index (χ4n) is 3.90. The molecule has 1 aliphatic heterocycles. The Balaban J connectivity index is 1.33. The Morgan fingerprint density at radius 2 is 1.90 bits per heavy atom. The lowest BCUT2D eigenvalue weighted by Gasteiger charge is -2.32. The average molecular weight is 441 g/mol. The lowest BCUT2D eigenvalue weighted by atomic mass is 10.0. The summed E-state index contributed by atoms with van der Waals surface area (Å²) >= 11 is 5.89. The van der Waals surface area contributed by atoms with Crippen LogP contribution in [0, 0.1) is 0 Å². The van der Waals surface area contributed by atoms with Gasteiger partial charge in [0.25, 0.3) is 11.5 Å². The predicted molar refractivity (Wildman–Crippen MR) is 121 cm³/mol. The summed E-state index contributed by atoms with van der Waals surface area (Å²) < 4.78 is 7.01. The number of halogens is 1. The smallest absolute Gasteiger partial charge is 0.251 e. The summed E-state index contributed by atoms with van der Waals surface area (Å²) in [5.74, 6) is 0.558. The Hall–Kier alpha value is -2.90. The Labute approximate surface area is 185 Å². The van der Waals surface area contributed by atoms with Gasteiger partial charge < -0.3 is 19.5 Å². The van der Waals surface area contributed by atoms with E-state index in [0.717, 1.165) is 43.5 Å². The molecule has 1 aliphatic rings.